The van der Waals surface area contributed by atoms with Crippen molar-refractivity contribution in [3.8, 4) is 0 Å². The second-order valence-corrected chi connectivity index (χ2v) is 12.4. The van der Waals surface area contributed by atoms with Gasteiger partial charge in [-0.25, -0.2) is 4.79 Å². The van der Waals surface area contributed by atoms with Gasteiger partial charge in [-0.05, 0) is 62.4 Å². The number of hydrogen-bond donors (Lipinski definition) is 0. The summed E-state index contributed by atoms with van der Waals surface area (Å²) in [5.74, 6) is -6.98. The Morgan fingerprint density at radius 3 is 1.56 bits per heavy atom. The summed E-state index contributed by atoms with van der Waals surface area (Å²) in [6, 6.07) is 13.6. The summed E-state index contributed by atoms with van der Waals surface area (Å²) in [5.41, 5.74) is 0.153. The van der Waals surface area contributed by atoms with Crippen molar-refractivity contribution in [1.29, 1.82) is 0 Å². The van der Waals surface area contributed by atoms with E-state index in [9.17, 15) is 24.0 Å². The number of nitrogens with zero attached hydrogens (tertiary/aromatic N) is 2. The van der Waals surface area contributed by atoms with Crippen LogP contribution in [0.2, 0.25) is 0 Å². The zero-order valence-corrected chi connectivity index (χ0v) is 24.5. The Kier molecular flexibility index (Phi) is 6.00. The van der Waals surface area contributed by atoms with E-state index in [1.54, 1.807) is 69.3 Å². The van der Waals surface area contributed by atoms with E-state index in [1.807, 2.05) is 0 Å². The second-order valence-electron chi connectivity index (χ2n) is 10.6. The number of esters is 1. The Balaban J connectivity index is 1.54. The first-order chi connectivity index (χ1) is 18.5. The number of imide groups is 2. The normalized spacial score (nSPS) is 31.3. The van der Waals surface area contributed by atoms with E-state index in [-0.39, 0.29) is 12.2 Å². The summed E-state index contributed by atoms with van der Waals surface area (Å²) in [6.07, 6.45) is 0. The average molecular weight is 656 g/mol. The van der Waals surface area contributed by atoms with Gasteiger partial charge in [0.05, 0.1) is 41.7 Å². The molecule has 0 unspecified atom stereocenters. The highest BCUT2D eigenvalue weighted by Crippen LogP contribution is 2.68. The third-order valence-corrected chi connectivity index (χ3v) is 9.91. The van der Waals surface area contributed by atoms with Crippen LogP contribution in [0.25, 0.3) is 0 Å². The maximum Gasteiger partial charge on any atom is 0.334 e. The zero-order valence-electron chi connectivity index (χ0n) is 21.3. The van der Waals surface area contributed by atoms with E-state index in [0.717, 1.165) is 18.7 Å². The minimum Gasteiger partial charge on any atom is -0.463 e. The van der Waals surface area contributed by atoms with Gasteiger partial charge in [-0.3, -0.25) is 29.0 Å². The molecule has 2 aromatic rings. The number of rotatable bonds is 4. The molecule has 2 bridgehead atoms. The highest BCUT2D eigenvalue weighted by atomic mass is 79.9. The Labute approximate surface area is 241 Å². The van der Waals surface area contributed by atoms with Crippen molar-refractivity contribution in [3.63, 3.8) is 0 Å². The number of anilines is 2. The van der Waals surface area contributed by atoms with Crippen molar-refractivity contribution >= 4 is 72.8 Å². The summed E-state index contributed by atoms with van der Waals surface area (Å²) in [5, 5.41) is 0. The van der Waals surface area contributed by atoms with Crippen molar-refractivity contribution in [2.45, 2.75) is 20.8 Å². The zero-order chi connectivity index (χ0) is 28.0. The fraction of sp³-hybridized carbons (Fsp3) is 0.345. The van der Waals surface area contributed by atoms with Crippen LogP contribution < -0.4 is 9.80 Å². The van der Waals surface area contributed by atoms with Gasteiger partial charge in [0.15, 0.2) is 0 Å². The van der Waals surface area contributed by atoms with Gasteiger partial charge in [0, 0.05) is 25.9 Å². The molecule has 4 atom stereocenters. The fourth-order valence-electron chi connectivity index (χ4n) is 7.50. The molecule has 0 aromatic heterocycles. The summed E-state index contributed by atoms with van der Waals surface area (Å²) >= 11 is 6.75. The fourth-order valence-corrected chi connectivity index (χ4v) is 8.03. The molecule has 8 nitrogen and oxygen atoms in total. The first-order valence-electron chi connectivity index (χ1n) is 12.7. The predicted molar refractivity (Wildman–Crippen MR) is 148 cm³/mol. The molecule has 10 heteroatoms. The minimum atomic E-state index is -1.42. The van der Waals surface area contributed by atoms with E-state index in [0.29, 0.717) is 16.9 Å². The van der Waals surface area contributed by atoms with Gasteiger partial charge in [0.1, 0.15) is 0 Å². The van der Waals surface area contributed by atoms with E-state index >= 15 is 0 Å². The number of benzene rings is 2. The standard InChI is InChI=1S/C29H24Br2N2O6/c1-4-39-28(38)21-13(2)18-19-22(26(36)32(24(19)34)16-9-5-14(30)6-10-16)29(21,3)23-20(18)25(35)33(27(23)37)17-11-7-15(31)8-12-17/h5-12,18-20,22-23H,4H2,1-3H3/t18?,19-,20-,22-,23-,29?/m1/s1. The lowest BCUT2D eigenvalue weighted by atomic mass is 9.43. The van der Waals surface area contributed by atoms with E-state index in [1.165, 1.54) is 0 Å². The molecule has 2 heterocycles. The van der Waals surface area contributed by atoms with Crippen LogP contribution >= 0.6 is 31.9 Å². The highest BCUT2D eigenvalue weighted by Gasteiger charge is 2.77. The molecule has 0 spiro atoms. The quantitative estimate of drug-likeness (QED) is 0.351. The number of ether oxygens (including phenoxy) is 1. The molecule has 3 aliphatic carbocycles. The predicted octanol–water partition coefficient (Wildman–Crippen LogP) is 4.65. The Morgan fingerprint density at radius 2 is 1.18 bits per heavy atom. The number of amides is 4. The van der Waals surface area contributed by atoms with Crippen LogP contribution in [0.5, 0.6) is 0 Å². The molecular formula is C29H24Br2N2O6. The van der Waals surface area contributed by atoms with Crippen LogP contribution in [0, 0.1) is 35.0 Å². The van der Waals surface area contributed by atoms with E-state index < -0.39 is 64.6 Å². The van der Waals surface area contributed by atoms with Crippen molar-refractivity contribution in [3.05, 3.63) is 68.6 Å². The largest absolute Gasteiger partial charge is 0.463 e. The van der Waals surface area contributed by atoms with Gasteiger partial charge in [0.25, 0.3) is 0 Å². The molecule has 200 valence electrons. The number of hydrogen-bond acceptors (Lipinski definition) is 6. The van der Waals surface area contributed by atoms with Gasteiger partial charge in [-0.2, -0.15) is 0 Å². The maximum atomic E-state index is 14.1. The van der Waals surface area contributed by atoms with Crippen molar-refractivity contribution < 1.29 is 28.7 Å². The first-order valence-corrected chi connectivity index (χ1v) is 14.3. The van der Waals surface area contributed by atoms with E-state index in [4.69, 9.17) is 4.74 Å². The molecule has 0 radical (unpaired) electrons. The van der Waals surface area contributed by atoms with Gasteiger partial charge in [-0.1, -0.05) is 44.4 Å². The molecule has 5 aliphatic rings. The van der Waals surface area contributed by atoms with Gasteiger partial charge < -0.3 is 4.74 Å². The molecule has 2 saturated heterocycles. The summed E-state index contributed by atoms with van der Waals surface area (Å²) in [7, 11) is 0. The monoisotopic (exact) mass is 654 g/mol. The van der Waals surface area contributed by atoms with Crippen LogP contribution in [-0.2, 0) is 28.7 Å². The summed E-state index contributed by atoms with van der Waals surface area (Å²) < 4.78 is 6.99. The summed E-state index contributed by atoms with van der Waals surface area (Å²) in [6.45, 7) is 5.19. The topological polar surface area (TPSA) is 101 Å². The maximum absolute atomic E-state index is 14.1. The molecule has 3 fully saturated rings. The molecule has 0 N–H and O–H groups in total. The number of halogens is 2. The molecule has 39 heavy (non-hydrogen) atoms. The van der Waals surface area contributed by atoms with Crippen LogP contribution in [0.3, 0.4) is 0 Å². The SMILES string of the molecule is CCOC(=O)C1=C(C)C2[C@H]3C(=O)N(c4ccc(Br)cc4)C(=O)[C@@H]3C1(C)[C@H]1C(=O)N(c3ccc(Br)cc3)C(=O)[C@H]21. The Morgan fingerprint density at radius 1 is 0.769 bits per heavy atom. The second kappa shape index (κ2) is 8.96. The molecule has 1 saturated carbocycles. The van der Waals surface area contributed by atoms with Crippen LogP contribution in [-0.4, -0.2) is 36.2 Å². The average Bonchev–Trinajstić information content (AvgIpc) is 3.32. The van der Waals surface area contributed by atoms with Crippen molar-refractivity contribution in [2.75, 3.05) is 16.4 Å². The molecule has 2 aliphatic heterocycles. The Bertz CT molecular complexity index is 1410. The van der Waals surface area contributed by atoms with Crippen LogP contribution in [0.15, 0.2) is 68.6 Å². The number of carbonyl (C=O) groups excluding carboxylic acids is 5. The van der Waals surface area contributed by atoms with E-state index in [2.05, 4.69) is 31.9 Å². The third-order valence-electron chi connectivity index (χ3n) is 8.85. The smallest absolute Gasteiger partial charge is 0.334 e. The molecular weight excluding hydrogens is 632 g/mol. The lowest BCUT2D eigenvalue weighted by molar-refractivity contribution is -0.155. The first kappa shape index (κ1) is 26.1. The van der Waals surface area contributed by atoms with Crippen molar-refractivity contribution in [2.24, 2.45) is 35.0 Å². The molecule has 7 rings (SSSR count). The third kappa shape index (κ3) is 3.37. The lowest BCUT2D eigenvalue weighted by Crippen LogP contribution is -2.61. The molecule has 2 aromatic carbocycles. The molecule has 4 amide bonds. The van der Waals surface area contributed by atoms with Crippen molar-refractivity contribution in [1.82, 2.24) is 0 Å². The van der Waals surface area contributed by atoms with Crippen LogP contribution in [0.4, 0.5) is 11.4 Å². The van der Waals surface area contributed by atoms with Gasteiger partial charge >= 0.3 is 5.97 Å². The van der Waals surface area contributed by atoms with Gasteiger partial charge in [-0.15, -0.1) is 0 Å². The van der Waals surface area contributed by atoms with Crippen LogP contribution in [0.1, 0.15) is 20.8 Å². The Hall–Kier alpha value is -3.11. The minimum absolute atomic E-state index is 0.105. The van der Waals surface area contributed by atoms with Gasteiger partial charge in [0.2, 0.25) is 23.6 Å². The lowest BCUT2D eigenvalue weighted by Gasteiger charge is -2.55. The number of allylic oxidation sites excluding steroid dienone is 1. The summed E-state index contributed by atoms with van der Waals surface area (Å²) in [4.78, 5) is 72.0. The number of carbonyl (C=O) groups is 5. The highest BCUT2D eigenvalue weighted by molar-refractivity contribution is 9.10.